The van der Waals surface area contributed by atoms with Crippen molar-refractivity contribution in [3.05, 3.63) is 88.8 Å². The van der Waals surface area contributed by atoms with Gasteiger partial charge in [0.05, 0.1) is 18.5 Å². The van der Waals surface area contributed by atoms with Gasteiger partial charge in [-0.05, 0) is 66.1 Å². The SMILES string of the molecule is COc1ccc(-c2cc(-c3ccc(C)cc3)c3c(N)c(C(=O)NCc4ccc5c(c4)OCO5)sc3n2)cc1. The Kier molecular flexibility index (Phi) is 6.09. The topological polar surface area (TPSA) is 95.7 Å². The molecular weight excluding hydrogens is 498 g/mol. The minimum atomic E-state index is -0.246. The molecule has 1 aliphatic rings. The fourth-order valence-electron chi connectivity index (χ4n) is 4.47. The number of aryl methyl sites for hydroxylation is 1. The number of nitrogens with one attached hydrogen (secondary N) is 1. The summed E-state index contributed by atoms with van der Waals surface area (Å²) in [6.45, 7) is 2.59. The van der Waals surface area contributed by atoms with Crippen molar-refractivity contribution in [3.8, 4) is 39.6 Å². The van der Waals surface area contributed by atoms with E-state index in [0.29, 0.717) is 33.4 Å². The maximum Gasteiger partial charge on any atom is 0.263 e. The van der Waals surface area contributed by atoms with Gasteiger partial charge < -0.3 is 25.3 Å². The lowest BCUT2D eigenvalue weighted by atomic mass is 9.98. The second-order valence-electron chi connectivity index (χ2n) is 9.04. The van der Waals surface area contributed by atoms with Crippen LogP contribution in [0, 0.1) is 6.92 Å². The highest BCUT2D eigenvalue weighted by molar-refractivity contribution is 7.21. The number of hydrogen-bond acceptors (Lipinski definition) is 7. The average Bonchev–Trinajstić information content (AvgIpc) is 3.55. The minimum absolute atomic E-state index is 0.207. The molecule has 3 aromatic carbocycles. The molecule has 8 heteroatoms. The Labute approximate surface area is 223 Å². The number of nitrogen functional groups attached to an aromatic ring is 1. The summed E-state index contributed by atoms with van der Waals surface area (Å²) < 4.78 is 16.1. The second-order valence-corrected chi connectivity index (χ2v) is 10.0. The molecular formula is C30H25N3O4S. The van der Waals surface area contributed by atoms with E-state index in [1.165, 1.54) is 11.3 Å². The van der Waals surface area contributed by atoms with Gasteiger partial charge in [0.1, 0.15) is 15.5 Å². The molecule has 38 heavy (non-hydrogen) atoms. The molecule has 6 rings (SSSR count). The molecule has 0 fully saturated rings. The van der Waals surface area contributed by atoms with E-state index >= 15 is 0 Å². The lowest BCUT2D eigenvalue weighted by Gasteiger charge is -2.10. The Hall–Kier alpha value is -4.56. The van der Waals surface area contributed by atoms with Crippen LogP contribution >= 0.6 is 11.3 Å². The lowest BCUT2D eigenvalue weighted by Crippen LogP contribution is -2.22. The first-order chi connectivity index (χ1) is 18.5. The van der Waals surface area contributed by atoms with Gasteiger partial charge in [0.25, 0.3) is 5.91 Å². The first-order valence-corrected chi connectivity index (χ1v) is 12.9. The molecule has 0 saturated carbocycles. The largest absolute Gasteiger partial charge is 0.497 e. The standard InChI is InChI=1S/C30H25N3O4S/c1-17-3-6-19(7-4-17)22-14-23(20-8-10-21(35-2)11-9-20)33-30-26(22)27(31)28(38-30)29(34)32-15-18-5-12-24-25(13-18)37-16-36-24/h3-14H,15-16,31H2,1-2H3,(H,32,34). The van der Waals surface area contributed by atoms with Crippen molar-refractivity contribution in [2.24, 2.45) is 0 Å². The third-order valence-corrected chi connectivity index (χ3v) is 7.64. The van der Waals surface area contributed by atoms with Crippen LogP contribution in [0.5, 0.6) is 17.2 Å². The molecule has 0 atom stereocenters. The Bertz CT molecular complexity index is 1660. The first-order valence-electron chi connectivity index (χ1n) is 12.1. The zero-order chi connectivity index (χ0) is 26.2. The summed E-state index contributed by atoms with van der Waals surface area (Å²) in [4.78, 5) is 19.3. The quantitative estimate of drug-likeness (QED) is 0.276. The zero-order valence-electron chi connectivity index (χ0n) is 20.9. The molecule has 0 saturated heterocycles. The van der Waals surface area contributed by atoms with Gasteiger partial charge in [-0.2, -0.15) is 0 Å². The number of carbonyl (C=O) groups excluding carboxylic acids is 1. The zero-order valence-corrected chi connectivity index (χ0v) is 21.7. The van der Waals surface area contributed by atoms with E-state index in [-0.39, 0.29) is 12.7 Å². The molecule has 1 aliphatic heterocycles. The minimum Gasteiger partial charge on any atom is -0.497 e. The normalized spacial score (nSPS) is 12.1. The molecule has 2 aromatic heterocycles. The maximum atomic E-state index is 13.3. The number of rotatable bonds is 6. The van der Waals surface area contributed by atoms with Crippen molar-refractivity contribution in [1.29, 1.82) is 0 Å². The fourth-order valence-corrected chi connectivity index (χ4v) is 5.51. The summed E-state index contributed by atoms with van der Waals surface area (Å²) in [5.41, 5.74) is 12.8. The number of nitrogens with zero attached hydrogens (tertiary/aromatic N) is 1. The molecule has 1 amide bonds. The summed E-state index contributed by atoms with van der Waals surface area (Å²) in [5, 5.41) is 3.77. The third-order valence-electron chi connectivity index (χ3n) is 6.54. The van der Waals surface area contributed by atoms with E-state index in [1.54, 1.807) is 7.11 Å². The van der Waals surface area contributed by atoms with Gasteiger partial charge in [-0.1, -0.05) is 35.9 Å². The molecule has 0 aliphatic carbocycles. The van der Waals surface area contributed by atoms with Crippen molar-refractivity contribution in [1.82, 2.24) is 10.3 Å². The van der Waals surface area contributed by atoms with Crippen LogP contribution in [-0.2, 0) is 6.54 Å². The highest BCUT2D eigenvalue weighted by Crippen LogP contribution is 2.41. The highest BCUT2D eigenvalue weighted by Gasteiger charge is 2.22. The number of benzene rings is 3. The van der Waals surface area contributed by atoms with Crippen LogP contribution in [0.15, 0.2) is 72.8 Å². The van der Waals surface area contributed by atoms with Crippen molar-refractivity contribution in [2.45, 2.75) is 13.5 Å². The average molecular weight is 524 g/mol. The maximum absolute atomic E-state index is 13.3. The Balaban J connectivity index is 1.38. The van der Waals surface area contributed by atoms with Gasteiger partial charge in [-0.3, -0.25) is 4.79 Å². The van der Waals surface area contributed by atoms with Crippen LogP contribution < -0.4 is 25.3 Å². The predicted molar refractivity (Wildman–Crippen MR) is 150 cm³/mol. The number of aromatic nitrogens is 1. The number of amides is 1. The smallest absolute Gasteiger partial charge is 0.263 e. The van der Waals surface area contributed by atoms with E-state index in [0.717, 1.165) is 44.6 Å². The molecule has 0 unspecified atom stereocenters. The van der Waals surface area contributed by atoms with E-state index in [4.69, 9.17) is 24.9 Å². The van der Waals surface area contributed by atoms with E-state index in [2.05, 4.69) is 36.5 Å². The van der Waals surface area contributed by atoms with Gasteiger partial charge >= 0.3 is 0 Å². The van der Waals surface area contributed by atoms with Crippen LogP contribution in [0.4, 0.5) is 5.69 Å². The summed E-state index contributed by atoms with van der Waals surface area (Å²) in [5.74, 6) is 1.91. The monoisotopic (exact) mass is 523 g/mol. The molecule has 190 valence electrons. The third kappa shape index (κ3) is 4.39. The fraction of sp³-hybridized carbons (Fsp3) is 0.133. The van der Waals surface area contributed by atoms with Crippen LogP contribution in [0.25, 0.3) is 32.6 Å². The van der Waals surface area contributed by atoms with Crippen molar-refractivity contribution < 1.29 is 19.0 Å². The summed E-state index contributed by atoms with van der Waals surface area (Å²) in [7, 11) is 1.64. The van der Waals surface area contributed by atoms with Gasteiger partial charge in [-0.15, -0.1) is 11.3 Å². The van der Waals surface area contributed by atoms with Crippen LogP contribution in [-0.4, -0.2) is 24.8 Å². The number of fused-ring (bicyclic) bond motifs is 2. The second kappa shape index (κ2) is 9.72. The number of ether oxygens (including phenoxy) is 3. The van der Waals surface area contributed by atoms with E-state index in [1.807, 2.05) is 48.5 Å². The summed E-state index contributed by atoms with van der Waals surface area (Å²) in [6.07, 6.45) is 0. The predicted octanol–water partition coefficient (Wildman–Crippen LogP) is 6.19. The lowest BCUT2D eigenvalue weighted by molar-refractivity contribution is 0.0955. The van der Waals surface area contributed by atoms with Crippen LogP contribution in [0.2, 0.25) is 0 Å². The van der Waals surface area contributed by atoms with E-state index < -0.39 is 0 Å². The summed E-state index contributed by atoms with van der Waals surface area (Å²) >= 11 is 1.30. The Morgan fingerprint density at radius 1 is 1.00 bits per heavy atom. The van der Waals surface area contributed by atoms with Gasteiger partial charge in [0, 0.05) is 17.5 Å². The molecule has 3 heterocycles. The molecule has 7 nitrogen and oxygen atoms in total. The van der Waals surface area contributed by atoms with Crippen molar-refractivity contribution in [3.63, 3.8) is 0 Å². The Morgan fingerprint density at radius 3 is 2.50 bits per heavy atom. The Morgan fingerprint density at radius 2 is 1.74 bits per heavy atom. The molecule has 3 N–H and O–H groups in total. The van der Waals surface area contributed by atoms with Gasteiger partial charge in [0.15, 0.2) is 11.5 Å². The number of carbonyl (C=O) groups is 1. The van der Waals surface area contributed by atoms with Crippen molar-refractivity contribution in [2.75, 3.05) is 19.6 Å². The molecule has 0 radical (unpaired) electrons. The molecule has 0 spiro atoms. The number of thiophene rings is 1. The van der Waals surface area contributed by atoms with Crippen LogP contribution in [0.1, 0.15) is 20.8 Å². The number of hydrogen-bond donors (Lipinski definition) is 2. The first kappa shape index (κ1) is 23.8. The van der Waals surface area contributed by atoms with Crippen LogP contribution in [0.3, 0.4) is 0 Å². The van der Waals surface area contributed by atoms with E-state index in [9.17, 15) is 4.79 Å². The van der Waals surface area contributed by atoms with Crippen molar-refractivity contribution >= 4 is 33.1 Å². The number of pyridine rings is 1. The number of nitrogens with two attached hydrogens (primary N) is 1. The number of anilines is 1. The molecule has 0 bridgehead atoms. The highest BCUT2D eigenvalue weighted by atomic mass is 32.1. The summed E-state index contributed by atoms with van der Waals surface area (Å²) in [6, 6.07) is 23.7. The van der Waals surface area contributed by atoms with Gasteiger partial charge in [0.2, 0.25) is 6.79 Å². The van der Waals surface area contributed by atoms with Gasteiger partial charge in [-0.25, -0.2) is 4.98 Å². The number of methoxy groups -OCH3 is 1. The molecule has 5 aromatic rings.